The Hall–Kier alpha value is -2.11. The molecule has 0 radical (unpaired) electrons. The average molecular weight is 377 g/mol. The summed E-state index contributed by atoms with van der Waals surface area (Å²) in [5.41, 5.74) is 3.00. The summed E-state index contributed by atoms with van der Waals surface area (Å²) in [4.78, 5) is 16.1. The van der Waals surface area contributed by atoms with Gasteiger partial charge in [-0.1, -0.05) is 17.7 Å². The van der Waals surface area contributed by atoms with Crippen LogP contribution in [-0.4, -0.2) is 38.1 Å². The van der Waals surface area contributed by atoms with E-state index in [0.29, 0.717) is 5.69 Å². The van der Waals surface area contributed by atoms with Crippen molar-refractivity contribution >= 4 is 28.9 Å². The summed E-state index contributed by atoms with van der Waals surface area (Å²) in [7, 11) is 0. The van der Waals surface area contributed by atoms with Gasteiger partial charge in [-0.15, -0.1) is 0 Å². The van der Waals surface area contributed by atoms with E-state index in [1.165, 1.54) is 28.3 Å². The van der Waals surface area contributed by atoms with E-state index in [-0.39, 0.29) is 17.8 Å². The lowest BCUT2D eigenvalue weighted by Gasteiger charge is -2.36. The summed E-state index contributed by atoms with van der Waals surface area (Å²) >= 11 is 6.14. The molecule has 1 amide bonds. The van der Waals surface area contributed by atoms with Gasteiger partial charge in [-0.2, -0.15) is 0 Å². The molecule has 6 heteroatoms. The number of quaternary nitrogens is 1. The molecule has 3 rings (SSSR count). The van der Waals surface area contributed by atoms with Crippen LogP contribution in [0.4, 0.5) is 15.8 Å². The molecule has 1 saturated heterocycles. The van der Waals surface area contributed by atoms with Crippen molar-refractivity contribution in [3.63, 3.8) is 0 Å². The first kappa shape index (κ1) is 18.7. The number of aryl methyl sites for hydroxylation is 1. The van der Waals surface area contributed by atoms with Gasteiger partial charge in [-0.25, -0.2) is 4.39 Å². The van der Waals surface area contributed by atoms with Gasteiger partial charge in [0.05, 0.1) is 26.2 Å². The van der Waals surface area contributed by atoms with Crippen molar-refractivity contribution < 1.29 is 14.1 Å². The van der Waals surface area contributed by atoms with Crippen LogP contribution >= 0.6 is 11.6 Å². The van der Waals surface area contributed by atoms with E-state index in [9.17, 15) is 9.18 Å². The number of hydrogen-bond acceptors (Lipinski definition) is 2. The van der Waals surface area contributed by atoms with Crippen molar-refractivity contribution in [3.8, 4) is 0 Å². The quantitative estimate of drug-likeness (QED) is 0.860. The van der Waals surface area contributed by atoms with E-state index in [1.54, 1.807) is 12.1 Å². The van der Waals surface area contributed by atoms with Gasteiger partial charge in [-0.05, 0) is 55.8 Å². The zero-order valence-corrected chi connectivity index (χ0v) is 15.8. The van der Waals surface area contributed by atoms with Crippen LogP contribution in [0.2, 0.25) is 5.02 Å². The molecule has 1 aliphatic heterocycles. The molecule has 0 spiro atoms. The molecule has 2 N–H and O–H groups in total. The van der Waals surface area contributed by atoms with Gasteiger partial charge >= 0.3 is 0 Å². The van der Waals surface area contributed by atoms with Gasteiger partial charge in [0.25, 0.3) is 5.91 Å². The fourth-order valence-electron chi connectivity index (χ4n) is 3.36. The van der Waals surface area contributed by atoms with Crippen LogP contribution in [0.5, 0.6) is 0 Å². The van der Waals surface area contributed by atoms with Crippen LogP contribution < -0.4 is 15.1 Å². The molecular formula is C20H24ClFN3O+. The second-order valence-corrected chi connectivity index (χ2v) is 7.23. The number of amides is 1. The van der Waals surface area contributed by atoms with Gasteiger partial charge in [-0.3, -0.25) is 4.79 Å². The molecule has 1 fully saturated rings. The monoisotopic (exact) mass is 376 g/mol. The predicted molar refractivity (Wildman–Crippen MR) is 104 cm³/mol. The summed E-state index contributed by atoms with van der Waals surface area (Å²) in [6.45, 7) is 7.54. The van der Waals surface area contributed by atoms with E-state index >= 15 is 0 Å². The van der Waals surface area contributed by atoms with E-state index in [1.807, 2.05) is 25.1 Å². The van der Waals surface area contributed by atoms with Crippen LogP contribution in [0.25, 0.3) is 0 Å². The topological polar surface area (TPSA) is 36.8 Å². The maximum absolute atomic E-state index is 13.0. The zero-order valence-electron chi connectivity index (χ0n) is 15.1. The summed E-state index contributed by atoms with van der Waals surface area (Å²) < 4.78 is 13.0. The smallest absolute Gasteiger partial charge is 0.282 e. The number of carbonyl (C=O) groups is 1. The standard InChI is InChI=1S/C20H23ClFN3O/c1-14-3-4-16(21)13-19(14)25-11-9-24(10-12-25)15(2)20(26)23-18-7-5-17(22)6-8-18/h3-8,13,15H,9-12H2,1-2H3,(H,23,26)/p+1/t15-/m1/s1. The second kappa shape index (κ2) is 8.06. The average Bonchev–Trinajstić information content (AvgIpc) is 2.65. The molecule has 1 aliphatic rings. The summed E-state index contributed by atoms with van der Waals surface area (Å²) in [6, 6.07) is 11.6. The van der Waals surface area contributed by atoms with Gasteiger partial charge in [0.1, 0.15) is 5.82 Å². The first-order valence-electron chi connectivity index (χ1n) is 8.86. The summed E-state index contributed by atoms with van der Waals surface area (Å²) in [5.74, 6) is -0.354. The zero-order chi connectivity index (χ0) is 18.7. The van der Waals surface area contributed by atoms with E-state index in [4.69, 9.17) is 11.6 Å². The van der Waals surface area contributed by atoms with Crippen LogP contribution in [-0.2, 0) is 4.79 Å². The number of nitrogens with one attached hydrogen (secondary N) is 2. The highest BCUT2D eigenvalue weighted by atomic mass is 35.5. The molecule has 0 aliphatic carbocycles. The van der Waals surface area contributed by atoms with Crippen molar-refractivity contribution in [2.24, 2.45) is 0 Å². The van der Waals surface area contributed by atoms with E-state index in [2.05, 4.69) is 17.1 Å². The van der Waals surface area contributed by atoms with Gasteiger partial charge < -0.3 is 15.1 Å². The third-order valence-corrected chi connectivity index (χ3v) is 5.27. The second-order valence-electron chi connectivity index (χ2n) is 6.79. The van der Waals surface area contributed by atoms with E-state index < -0.39 is 0 Å². The minimum Gasteiger partial charge on any atom is -0.360 e. The molecule has 0 aromatic heterocycles. The van der Waals surface area contributed by atoms with Crippen molar-refractivity contribution in [2.75, 3.05) is 36.4 Å². The maximum Gasteiger partial charge on any atom is 0.282 e. The molecule has 0 saturated carbocycles. The number of rotatable bonds is 4. The summed E-state index contributed by atoms with van der Waals surface area (Å²) in [6.07, 6.45) is 0. The van der Waals surface area contributed by atoms with Crippen LogP contribution in [0.1, 0.15) is 12.5 Å². The third kappa shape index (κ3) is 4.34. The first-order valence-corrected chi connectivity index (χ1v) is 9.24. The van der Waals surface area contributed by atoms with Crippen molar-refractivity contribution in [1.82, 2.24) is 0 Å². The Morgan fingerprint density at radius 2 is 1.85 bits per heavy atom. The Morgan fingerprint density at radius 3 is 2.50 bits per heavy atom. The van der Waals surface area contributed by atoms with Crippen molar-refractivity contribution in [3.05, 3.63) is 58.9 Å². The highest BCUT2D eigenvalue weighted by Gasteiger charge is 2.29. The van der Waals surface area contributed by atoms with Crippen molar-refractivity contribution in [1.29, 1.82) is 0 Å². The Kier molecular flexibility index (Phi) is 5.79. The SMILES string of the molecule is Cc1ccc(Cl)cc1N1CC[NH+]([C@H](C)C(=O)Nc2ccc(F)cc2)CC1. The molecule has 26 heavy (non-hydrogen) atoms. The first-order chi connectivity index (χ1) is 12.4. The van der Waals surface area contributed by atoms with Gasteiger partial charge in [0, 0.05) is 16.4 Å². The minimum absolute atomic E-state index is 0.0426. The minimum atomic E-state index is -0.311. The Labute approximate surface area is 158 Å². The number of carbonyl (C=O) groups excluding carboxylic acids is 1. The molecule has 2 aromatic rings. The third-order valence-electron chi connectivity index (χ3n) is 5.03. The van der Waals surface area contributed by atoms with E-state index in [0.717, 1.165) is 31.2 Å². The molecule has 4 nitrogen and oxygen atoms in total. The molecule has 0 unspecified atom stereocenters. The van der Waals surface area contributed by atoms with Crippen molar-refractivity contribution in [2.45, 2.75) is 19.9 Å². The van der Waals surface area contributed by atoms with Gasteiger partial charge in [0.2, 0.25) is 0 Å². The normalized spacial score (nSPS) is 16.4. The largest absolute Gasteiger partial charge is 0.360 e. The molecule has 0 bridgehead atoms. The molecule has 1 heterocycles. The van der Waals surface area contributed by atoms with Crippen LogP contribution in [0, 0.1) is 12.7 Å². The highest BCUT2D eigenvalue weighted by Crippen LogP contribution is 2.24. The number of nitrogens with zero attached hydrogens (tertiary/aromatic N) is 1. The number of benzene rings is 2. The lowest BCUT2D eigenvalue weighted by Crippen LogP contribution is -3.19. The molecule has 2 aromatic carbocycles. The number of piperazine rings is 1. The van der Waals surface area contributed by atoms with Crippen LogP contribution in [0.15, 0.2) is 42.5 Å². The van der Waals surface area contributed by atoms with Crippen LogP contribution in [0.3, 0.4) is 0 Å². The molecular weight excluding hydrogens is 353 g/mol. The highest BCUT2D eigenvalue weighted by molar-refractivity contribution is 6.30. The predicted octanol–water partition coefficient (Wildman–Crippen LogP) is 2.52. The number of hydrogen-bond donors (Lipinski definition) is 2. The number of anilines is 2. The maximum atomic E-state index is 13.0. The van der Waals surface area contributed by atoms with Gasteiger partial charge in [0.15, 0.2) is 6.04 Å². The Morgan fingerprint density at radius 1 is 1.19 bits per heavy atom. The molecule has 138 valence electrons. The molecule has 1 atom stereocenters. The lowest BCUT2D eigenvalue weighted by molar-refractivity contribution is -0.914. The Balaban J connectivity index is 1.57. The fourth-order valence-corrected chi connectivity index (χ4v) is 3.53. The fraction of sp³-hybridized carbons (Fsp3) is 0.350. The summed E-state index contributed by atoms with van der Waals surface area (Å²) in [5, 5.41) is 3.61. The lowest BCUT2D eigenvalue weighted by atomic mass is 10.1. The Bertz CT molecular complexity index is 773. The number of halogens is 2.